The minimum atomic E-state index is -0.821. The van der Waals surface area contributed by atoms with Crippen LogP contribution in [0.3, 0.4) is 0 Å². The summed E-state index contributed by atoms with van der Waals surface area (Å²) in [6.45, 7) is 4.33. The summed E-state index contributed by atoms with van der Waals surface area (Å²) in [4.78, 5) is 19.1. The highest BCUT2D eigenvalue weighted by molar-refractivity contribution is 7.14. The molecule has 2 heterocycles. The number of aryl methyl sites for hydroxylation is 2. The fourth-order valence-electron chi connectivity index (χ4n) is 3.79. The Balaban J connectivity index is 2.05. The average molecular weight is 417 g/mol. The first-order valence-corrected chi connectivity index (χ1v) is 11.7. The summed E-state index contributed by atoms with van der Waals surface area (Å²) in [6.07, 6.45) is 1.94. The topological polar surface area (TPSA) is 17.1 Å². The Morgan fingerprint density at radius 1 is 0.690 bits per heavy atom. The van der Waals surface area contributed by atoms with Gasteiger partial charge in [0.25, 0.3) is 0 Å². The summed E-state index contributed by atoms with van der Waals surface area (Å²) < 4.78 is 0. The van der Waals surface area contributed by atoms with E-state index in [-0.39, 0.29) is 5.78 Å². The molecule has 2 aromatic heterocycles. The first-order valence-electron chi connectivity index (χ1n) is 10.0. The van der Waals surface area contributed by atoms with Crippen LogP contribution in [0, 0.1) is 0 Å². The van der Waals surface area contributed by atoms with Crippen LogP contribution in [0.25, 0.3) is 0 Å². The quantitative estimate of drug-likeness (QED) is 0.292. The highest BCUT2D eigenvalue weighted by atomic mass is 32.1. The van der Waals surface area contributed by atoms with Gasteiger partial charge in [-0.3, -0.25) is 4.79 Å². The van der Waals surface area contributed by atoms with Crippen molar-refractivity contribution in [1.82, 2.24) is 0 Å². The zero-order chi connectivity index (χ0) is 20.3. The van der Waals surface area contributed by atoms with E-state index in [1.54, 1.807) is 22.7 Å². The van der Waals surface area contributed by atoms with Gasteiger partial charge in [0, 0.05) is 25.1 Å². The zero-order valence-electron chi connectivity index (χ0n) is 16.7. The lowest BCUT2D eigenvalue weighted by Gasteiger charge is -2.31. The molecule has 0 aliphatic heterocycles. The molecular formula is C26H24OS2. The van der Waals surface area contributed by atoms with Crippen LogP contribution in [0.1, 0.15) is 49.3 Å². The van der Waals surface area contributed by atoms with Crippen LogP contribution >= 0.6 is 22.7 Å². The first kappa shape index (κ1) is 19.8. The van der Waals surface area contributed by atoms with Crippen molar-refractivity contribution in [3.8, 4) is 0 Å². The Morgan fingerprint density at radius 2 is 1.17 bits per heavy atom. The van der Waals surface area contributed by atoms with Crippen molar-refractivity contribution >= 4 is 28.5 Å². The molecule has 29 heavy (non-hydrogen) atoms. The zero-order valence-corrected chi connectivity index (χ0v) is 18.4. The second-order valence-corrected chi connectivity index (χ2v) is 9.39. The van der Waals surface area contributed by atoms with E-state index in [1.807, 2.05) is 48.5 Å². The van der Waals surface area contributed by atoms with E-state index < -0.39 is 5.41 Å². The number of ketones is 1. The molecule has 4 rings (SSSR count). The lowest BCUT2D eigenvalue weighted by atomic mass is 9.72. The monoisotopic (exact) mass is 416 g/mol. The van der Waals surface area contributed by atoms with Crippen LogP contribution < -0.4 is 0 Å². The largest absolute Gasteiger partial charge is 0.292 e. The van der Waals surface area contributed by atoms with Crippen molar-refractivity contribution in [1.29, 1.82) is 0 Å². The van der Waals surface area contributed by atoms with Gasteiger partial charge in [0.05, 0.1) is 0 Å². The third-order valence-corrected chi connectivity index (χ3v) is 8.04. The van der Waals surface area contributed by atoms with Gasteiger partial charge in [-0.05, 0) is 42.7 Å². The van der Waals surface area contributed by atoms with Crippen molar-refractivity contribution in [2.45, 2.75) is 32.1 Å². The molecule has 0 atom stereocenters. The third-order valence-electron chi connectivity index (χ3n) is 5.34. The van der Waals surface area contributed by atoms with Crippen molar-refractivity contribution < 1.29 is 4.79 Å². The van der Waals surface area contributed by atoms with E-state index in [1.165, 1.54) is 9.75 Å². The van der Waals surface area contributed by atoms with Crippen LogP contribution in [0.5, 0.6) is 0 Å². The third kappa shape index (κ3) is 3.50. The van der Waals surface area contributed by atoms with Gasteiger partial charge < -0.3 is 0 Å². The predicted octanol–water partition coefficient (Wildman–Crippen LogP) is 7.15. The molecule has 0 amide bonds. The normalized spacial score (nSPS) is 11.5. The number of Topliss-reactive ketones (excluding diaryl/α,β-unsaturated/α-hetero) is 1. The fraction of sp³-hybridized carbons (Fsp3) is 0.192. The standard InChI is InChI=1S/C26H24OS2/c1-3-21-15-17-23(28-21)26(20-13-9-6-10-14-20,24-18-16-22(4-2)29-24)25(27)19-11-7-5-8-12-19/h5-18H,3-4H2,1-2H3. The number of hydrogen-bond acceptors (Lipinski definition) is 3. The molecule has 4 aromatic rings. The minimum absolute atomic E-state index is 0.137. The lowest BCUT2D eigenvalue weighted by Crippen LogP contribution is -2.37. The molecule has 0 saturated heterocycles. The van der Waals surface area contributed by atoms with E-state index in [2.05, 4.69) is 50.2 Å². The van der Waals surface area contributed by atoms with Crippen molar-refractivity contribution in [3.05, 3.63) is 116 Å². The molecule has 1 nitrogen and oxygen atoms in total. The second kappa shape index (κ2) is 8.48. The molecule has 0 spiro atoms. The van der Waals surface area contributed by atoms with Gasteiger partial charge in [-0.1, -0.05) is 74.5 Å². The molecule has 0 saturated carbocycles. The smallest absolute Gasteiger partial charge is 0.183 e. The summed E-state index contributed by atoms with van der Waals surface area (Å²) in [5.41, 5.74) is 0.954. The summed E-state index contributed by atoms with van der Waals surface area (Å²) in [5, 5.41) is 0. The lowest BCUT2D eigenvalue weighted by molar-refractivity contribution is 0.0938. The fourth-order valence-corrected chi connectivity index (χ4v) is 6.20. The Labute approximate surface area is 180 Å². The van der Waals surface area contributed by atoms with E-state index in [4.69, 9.17) is 0 Å². The minimum Gasteiger partial charge on any atom is -0.292 e. The average Bonchev–Trinajstić information content (AvgIpc) is 3.46. The predicted molar refractivity (Wildman–Crippen MR) is 124 cm³/mol. The van der Waals surface area contributed by atoms with Crippen molar-refractivity contribution in [2.24, 2.45) is 0 Å². The van der Waals surface area contributed by atoms with Gasteiger partial charge in [0.1, 0.15) is 5.41 Å². The second-order valence-electron chi connectivity index (χ2n) is 7.05. The van der Waals surface area contributed by atoms with E-state index in [0.29, 0.717) is 0 Å². The van der Waals surface area contributed by atoms with Crippen LogP contribution in [0.2, 0.25) is 0 Å². The van der Waals surface area contributed by atoms with Gasteiger partial charge in [0.15, 0.2) is 5.78 Å². The number of thiophene rings is 2. The number of carbonyl (C=O) groups is 1. The SMILES string of the molecule is CCc1ccc(C(C(=O)c2ccccc2)(c2ccccc2)c2ccc(CC)s2)s1. The Hall–Kier alpha value is -2.49. The first-order chi connectivity index (χ1) is 14.2. The number of rotatable bonds is 7. The van der Waals surface area contributed by atoms with Gasteiger partial charge >= 0.3 is 0 Å². The number of hydrogen-bond donors (Lipinski definition) is 0. The van der Waals surface area contributed by atoms with Crippen molar-refractivity contribution in [3.63, 3.8) is 0 Å². The Kier molecular flexibility index (Phi) is 5.79. The summed E-state index contributed by atoms with van der Waals surface area (Å²) in [5.74, 6) is 0.137. The van der Waals surface area contributed by atoms with Crippen LogP contribution in [0.15, 0.2) is 84.9 Å². The van der Waals surface area contributed by atoms with E-state index in [0.717, 1.165) is 33.7 Å². The van der Waals surface area contributed by atoms with Crippen LogP contribution in [0.4, 0.5) is 0 Å². The van der Waals surface area contributed by atoms with Crippen molar-refractivity contribution in [2.75, 3.05) is 0 Å². The van der Waals surface area contributed by atoms with Gasteiger partial charge in [-0.25, -0.2) is 0 Å². The maximum atomic E-state index is 14.3. The summed E-state index contributed by atoms with van der Waals surface area (Å²) in [7, 11) is 0. The molecule has 2 aromatic carbocycles. The molecular weight excluding hydrogens is 392 g/mol. The van der Waals surface area contributed by atoms with E-state index >= 15 is 0 Å². The molecule has 3 heteroatoms. The number of carbonyl (C=O) groups excluding carboxylic acids is 1. The van der Waals surface area contributed by atoms with Gasteiger partial charge in [-0.2, -0.15) is 0 Å². The van der Waals surface area contributed by atoms with Gasteiger partial charge in [-0.15, -0.1) is 22.7 Å². The summed E-state index contributed by atoms with van der Waals surface area (Å²) >= 11 is 3.51. The molecule has 146 valence electrons. The van der Waals surface area contributed by atoms with E-state index in [9.17, 15) is 4.79 Å². The Bertz CT molecular complexity index is 1050. The van der Waals surface area contributed by atoms with Crippen LogP contribution in [-0.4, -0.2) is 5.78 Å². The number of benzene rings is 2. The Morgan fingerprint density at radius 3 is 1.62 bits per heavy atom. The maximum absolute atomic E-state index is 14.3. The van der Waals surface area contributed by atoms with Gasteiger partial charge in [0.2, 0.25) is 0 Å². The molecule has 0 bridgehead atoms. The molecule has 0 fully saturated rings. The molecule has 0 N–H and O–H groups in total. The molecule has 0 aliphatic rings. The highest BCUT2D eigenvalue weighted by Crippen LogP contribution is 2.47. The highest BCUT2D eigenvalue weighted by Gasteiger charge is 2.46. The molecule has 0 unspecified atom stereocenters. The maximum Gasteiger partial charge on any atom is 0.183 e. The summed E-state index contributed by atoms with van der Waals surface area (Å²) in [6, 6.07) is 28.6. The van der Waals surface area contributed by atoms with Crippen LogP contribution in [-0.2, 0) is 18.3 Å². The molecule has 0 radical (unpaired) electrons. The molecule has 0 aliphatic carbocycles.